The van der Waals surface area contributed by atoms with Crippen LogP contribution < -0.4 is 5.73 Å². The van der Waals surface area contributed by atoms with Gasteiger partial charge in [-0.05, 0) is 39.1 Å². The average molecular weight is 404 g/mol. The largest absolute Gasteiger partial charge is 0.459 e. The third-order valence-electron chi connectivity index (χ3n) is 4.83. The second-order valence-electron chi connectivity index (χ2n) is 6.75. The lowest BCUT2D eigenvalue weighted by atomic mass is 9.99. The molecule has 0 fully saturated rings. The highest BCUT2D eigenvalue weighted by atomic mass is 35.5. The molecule has 0 aliphatic rings. The minimum Gasteiger partial charge on any atom is -0.459 e. The maximum atomic E-state index is 12.3. The summed E-state index contributed by atoms with van der Waals surface area (Å²) in [4.78, 5) is 12.3. The number of fused-ring (bicyclic) bond motifs is 1. The smallest absolute Gasteiger partial charge is 0.327 e. The Bertz CT molecular complexity index is 1090. The first-order valence-corrected chi connectivity index (χ1v) is 9.26. The molecular weight excluding hydrogens is 382 g/mol. The van der Waals surface area contributed by atoms with Gasteiger partial charge >= 0.3 is 5.97 Å². The van der Waals surface area contributed by atoms with Crippen LogP contribution >= 0.6 is 12.4 Å². The van der Waals surface area contributed by atoms with E-state index >= 15 is 0 Å². The molecule has 0 heterocycles. The van der Waals surface area contributed by atoms with Crippen LogP contribution in [-0.2, 0) is 16.1 Å². The number of hydrogen-bond acceptors (Lipinski definition) is 3. The van der Waals surface area contributed by atoms with Gasteiger partial charge in [-0.2, -0.15) is 0 Å². The predicted octanol–water partition coefficient (Wildman–Crippen LogP) is 5.67. The number of carbonyl (C=O) groups excluding carboxylic acids is 1. The van der Waals surface area contributed by atoms with Crippen LogP contribution in [0.4, 0.5) is 0 Å². The summed E-state index contributed by atoms with van der Waals surface area (Å²) < 4.78 is 5.34. The van der Waals surface area contributed by atoms with E-state index in [4.69, 9.17) is 10.5 Å². The van der Waals surface area contributed by atoms with Gasteiger partial charge in [-0.1, -0.05) is 91.0 Å². The van der Waals surface area contributed by atoms with Crippen LogP contribution in [0.5, 0.6) is 0 Å². The first-order valence-electron chi connectivity index (χ1n) is 9.26. The summed E-state index contributed by atoms with van der Waals surface area (Å²) >= 11 is 0. The van der Waals surface area contributed by atoms with Crippen LogP contribution in [0, 0.1) is 0 Å². The number of ether oxygens (including phenoxy) is 1. The Morgan fingerprint density at radius 1 is 0.759 bits per heavy atom. The van der Waals surface area contributed by atoms with E-state index in [2.05, 4.69) is 30.3 Å². The van der Waals surface area contributed by atoms with E-state index in [0.717, 1.165) is 22.3 Å². The van der Waals surface area contributed by atoms with E-state index in [1.54, 1.807) is 0 Å². The number of rotatable bonds is 5. The van der Waals surface area contributed by atoms with Crippen molar-refractivity contribution in [1.82, 2.24) is 0 Å². The van der Waals surface area contributed by atoms with E-state index in [0.29, 0.717) is 0 Å². The summed E-state index contributed by atoms with van der Waals surface area (Å²) in [6, 6.07) is 31.2. The molecule has 0 radical (unpaired) electrons. The van der Waals surface area contributed by atoms with Gasteiger partial charge in [0, 0.05) is 0 Å². The van der Waals surface area contributed by atoms with Gasteiger partial charge < -0.3 is 10.5 Å². The molecule has 0 aliphatic carbocycles. The van der Waals surface area contributed by atoms with Crippen LogP contribution in [0.2, 0.25) is 0 Å². The van der Waals surface area contributed by atoms with E-state index in [-0.39, 0.29) is 19.0 Å². The number of hydrogen-bond donors (Lipinski definition) is 1. The molecule has 0 bridgehead atoms. The van der Waals surface area contributed by atoms with Gasteiger partial charge in [-0.25, -0.2) is 4.79 Å². The zero-order chi connectivity index (χ0) is 19.3. The first-order chi connectivity index (χ1) is 13.7. The fourth-order valence-corrected chi connectivity index (χ4v) is 3.21. The van der Waals surface area contributed by atoms with Crippen molar-refractivity contribution >= 4 is 29.1 Å². The lowest BCUT2D eigenvalue weighted by molar-refractivity contribution is -0.146. The van der Waals surface area contributed by atoms with Crippen molar-refractivity contribution in [1.29, 1.82) is 0 Å². The highest BCUT2D eigenvalue weighted by Crippen LogP contribution is 2.26. The normalized spacial score (nSPS) is 11.5. The van der Waals surface area contributed by atoms with Crippen molar-refractivity contribution in [3.05, 3.63) is 108 Å². The molecule has 4 aromatic carbocycles. The summed E-state index contributed by atoms with van der Waals surface area (Å²) in [5.74, 6) is -0.428. The van der Waals surface area contributed by atoms with Crippen LogP contribution in [0.3, 0.4) is 0 Å². The van der Waals surface area contributed by atoms with Gasteiger partial charge in [-0.15, -0.1) is 12.4 Å². The van der Waals surface area contributed by atoms with E-state index in [1.165, 1.54) is 10.8 Å². The Hall–Kier alpha value is -3.14. The maximum absolute atomic E-state index is 12.3. The van der Waals surface area contributed by atoms with Gasteiger partial charge in [0.1, 0.15) is 12.6 Å². The van der Waals surface area contributed by atoms with Gasteiger partial charge in [0.05, 0.1) is 0 Å². The van der Waals surface area contributed by atoms with Gasteiger partial charge in [-0.3, -0.25) is 0 Å². The fourth-order valence-electron chi connectivity index (χ4n) is 3.21. The number of nitrogens with two attached hydrogens (primary N) is 1. The molecule has 146 valence electrons. The highest BCUT2D eigenvalue weighted by Gasteiger charge is 2.17. The van der Waals surface area contributed by atoms with Gasteiger partial charge in [0.15, 0.2) is 0 Å². The quantitative estimate of drug-likeness (QED) is 0.436. The molecule has 1 atom stereocenters. The Morgan fingerprint density at radius 3 is 2.10 bits per heavy atom. The van der Waals surface area contributed by atoms with E-state index in [9.17, 15) is 4.79 Å². The summed E-state index contributed by atoms with van der Waals surface area (Å²) in [5.41, 5.74) is 9.98. The zero-order valence-electron chi connectivity index (χ0n) is 15.8. The van der Waals surface area contributed by atoms with Crippen molar-refractivity contribution < 1.29 is 9.53 Å². The van der Waals surface area contributed by atoms with Crippen LogP contribution in [0.15, 0.2) is 97.1 Å². The number of benzene rings is 4. The summed E-state index contributed by atoms with van der Waals surface area (Å²) in [6.45, 7) is 0.225. The molecule has 0 aliphatic heterocycles. The molecule has 0 amide bonds. The average Bonchev–Trinajstić information content (AvgIpc) is 2.77. The van der Waals surface area contributed by atoms with Crippen molar-refractivity contribution in [3.63, 3.8) is 0 Å². The highest BCUT2D eigenvalue weighted by molar-refractivity contribution is 5.87. The van der Waals surface area contributed by atoms with E-state index < -0.39 is 12.0 Å². The standard InChI is InChI=1S/C25H21NO2.ClH/c26-24(25(27)28-17-18-6-2-1-3-7-18)21-13-10-20(11-14-21)23-15-12-19-8-4-5-9-22(19)16-23;/h1-16,24H,17,26H2;1H/t24-;/m0./s1. The second kappa shape index (κ2) is 9.37. The molecule has 4 heteroatoms. The molecule has 0 saturated carbocycles. The molecule has 29 heavy (non-hydrogen) atoms. The van der Waals surface area contributed by atoms with E-state index in [1.807, 2.05) is 66.7 Å². The molecule has 0 spiro atoms. The fraction of sp³-hybridized carbons (Fsp3) is 0.0800. The molecular formula is C25H22ClNO2. The molecule has 0 saturated heterocycles. The van der Waals surface area contributed by atoms with Crippen molar-refractivity contribution in [3.8, 4) is 11.1 Å². The van der Waals surface area contributed by atoms with Crippen molar-refractivity contribution in [2.24, 2.45) is 5.73 Å². The summed E-state index contributed by atoms with van der Waals surface area (Å²) in [5, 5.41) is 2.41. The topological polar surface area (TPSA) is 52.3 Å². The maximum Gasteiger partial charge on any atom is 0.327 e. The predicted molar refractivity (Wildman–Crippen MR) is 120 cm³/mol. The number of carbonyl (C=O) groups is 1. The lowest BCUT2D eigenvalue weighted by Gasteiger charge is -2.13. The molecule has 3 nitrogen and oxygen atoms in total. The Balaban J connectivity index is 0.00000240. The van der Waals surface area contributed by atoms with Crippen LogP contribution in [0.1, 0.15) is 17.2 Å². The van der Waals surface area contributed by atoms with Gasteiger partial charge in [0.25, 0.3) is 0 Å². The second-order valence-corrected chi connectivity index (χ2v) is 6.75. The molecule has 4 aromatic rings. The minimum absolute atomic E-state index is 0. The Kier molecular flexibility index (Phi) is 6.65. The molecule has 4 rings (SSSR count). The van der Waals surface area contributed by atoms with Gasteiger partial charge in [0.2, 0.25) is 0 Å². The third kappa shape index (κ3) is 4.83. The van der Waals surface area contributed by atoms with Crippen LogP contribution in [-0.4, -0.2) is 5.97 Å². The van der Waals surface area contributed by atoms with Crippen LogP contribution in [0.25, 0.3) is 21.9 Å². The molecule has 0 aromatic heterocycles. The molecule has 2 N–H and O–H groups in total. The minimum atomic E-state index is -0.797. The summed E-state index contributed by atoms with van der Waals surface area (Å²) in [6.07, 6.45) is 0. The number of halogens is 1. The summed E-state index contributed by atoms with van der Waals surface area (Å²) in [7, 11) is 0. The monoisotopic (exact) mass is 403 g/mol. The first kappa shape index (κ1) is 20.6. The molecule has 0 unspecified atom stereocenters. The Morgan fingerprint density at radius 2 is 1.38 bits per heavy atom. The zero-order valence-corrected chi connectivity index (χ0v) is 16.6. The SMILES string of the molecule is Cl.N[C@H](C(=O)OCc1ccccc1)c1ccc(-c2ccc3ccccc3c2)cc1. The lowest BCUT2D eigenvalue weighted by Crippen LogP contribution is -2.23. The van der Waals surface area contributed by atoms with Crippen molar-refractivity contribution in [2.75, 3.05) is 0 Å². The van der Waals surface area contributed by atoms with Crippen molar-refractivity contribution in [2.45, 2.75) is 12.6 Å². The third-order valence-corrected chi connectivity index (χ3v) is 4.83. The number of esters is 1. The Labute approximate surface area is 176 Å².